The molecule has 0 saturated carbocycles. The maximum absolute atomic E-state index is 12.9. The summed E-state index contributed by atoms with van der Waals surface area (Å²) in [6.45, 7) is 1.80. The van der Waals surface area contributed by atoms with Crippen molar-refractivity contribution >= 4 is 15.9 Å². The predicted octanol–water partition coefficient (Wildman–Crippen LogP) is 2.88. The van der Waals surface area contributed by atoms with E-state index < -0.39 is 0 Å². The van der Waals surface area contributed by atoms with Crippen LogP contribution in [-0.4, -0.2) is 0 Å². The van der Waals surface area contributed by atoms with E-state index in [1.807, 2.05) is 0 Å². The maximum atomic E-state index is 12.9. The van der Waals surface area contributed by atoms with Crippen molar-refractivity contribution < 1.29 is 4.39 Å². The second-order valence-corrected chi connectivity index (χ2v) is 3.03. The number of terminal acetylenes is 1. The number of halogens is 2. The molecule has 0 fully saturated rings. The first-order valence-corrected chi connectivity index (χ1v) is 3.86. The fourth-order valence-corrected chi connectivity index (χ4v) is 1.04. The highest BCUT2D eigenvalue weighted by Crippen LogP contribution is 2.21. The molecule has 0 bridgehead atoms. The molecule has 0 aromatic heterocycles. The van der Waals surface area contributed by atoms with E-state index in [9.17, 15) is 4.39 Å². The van der Waals surface area contributed by atoms with Crippen LogP contribution in [0.2, 0.25) is 0 Å². The van der Waals surface area contributed by atoms with E-state index in [2.05, 4.69) is 21.9 Å². The van der Waals surface area contributed by atoms with Gasteiger partial charge in [-0.1, -0.05) is 5.92 Å². The van der Waals surface area contributed by atoms with Gasteiger partial charge < -0.3 is 0 Å². The third kappa shape index (κ3) is 1.61. The molecule has 1 aromatic carbocycles. The smallest absolute Gasteiger partial charge is 0.138 e. The third-order valence-electron chi connectivity index (χ3n) is 1.38. The first-order chi connectivity index (χ1) is 5.15. The molecule has 1 aromatic rings. The molecule has 0 atom stereocenters. The summed E-state index contributed by atoms with van der Waals surface area (Å²) in [6, 6.07) is 3.09. The molecule has 0 N–H and O–H groups in total. The first kappa shape index (κ1) is 8.29. The minimum atomic E-state index is -0.307. The molecule has 0 amide bonds. The van der Waals surface area contributed by atoms with E-state index in [4.69, 9.17) is 6.42 Å². The van der Waals surface area contributed by atoms with Crippen molar-refractivity contribution in [3.63, 3.8) is 0 Å². The van der Waals surface area contributed by atoms with Crippen LogP contribution in [0.5, 0.6) is 0 Å². The molecular weight excluding hydrogens is 207 g/mol. The van der Waals surface area contributed by atoms with Gasteiger partial charge in [0.25, 0.3) is 0 Å². The minimum Gasteiger partial charge on any atom is -0.206 e. The van der Waals surface area contributed by atoms with Gasteiger partial charge in [0.1, 0.15) is 5.82 Å². The second-order valence-electron chi connectivity index (χ2n) is 2.23. The third-order valence-corrected chi connectivity index (χ3v) is 2.38. The van der Waals surface area contributed by atoms with Gasteiger partial charge in [-0.15, -0.1) is 6.42 Å². The van der Waals surface area contributed by atoms with E-state index in [-0.39, 0.29) is 5.82 Å². The number of hydrogen-bond donors (Lipinski definition) is 0. The Labute approximate surface area is 73.6 Å². The highest BCUT2D eigenvalue weighted by Gasteiger charge is 2.02. The number of rotatable bonds is 0. The lowest BCUT2D eigenvalue weighted by molar-refractivity contribution is 0.619. The van der Waals surface area contributed by atoms with Crippen LogP contribution in [0.3, 0.4) is 0 Å². The van der Waals surface area contributed by atoms with Gasteiger partial charge in [0.05, 0.1) is 4.47 Å². The molecule has 0 aliphatic rings. The Morgan fingerprint density at radius 1 is 1.55 bits per heavy atom. The lowest BCUT2D eigenvalue weighted by Crippen LogP contribution is -1.85. The molecule has 0 aliphatic heterocycles. The van der Waals surface area contributed by atoms with Crippen LogP contribution in [0.25, 0.3) is 0 Å². The molecule has 0 aliphatic carbocycles. The lowest BCUT2D eigenvalue weighted by Gasteiger charge is -1.99. The number of benzene rings is 1. The number of hydrogen-bond acceptors (Lipinski definition) is 0. The van der Waals surface area contributed by atoms with E-state index >= 15 is 0 Å². The van der Waals surface area contributed by atoms with Crippen LogP contribution < -0.4 is 0 Å². The van der Waals surface area contributed by atoms with Gasteiger partial charge in [-0.05, 0) is 40.5 Å². The molecule has 0 saturated heterocycles. The van der Waals surface area contributed by atoms with Crippen molar-refractivity contribution in [1.29, 1.82) is 0 Å². The van der Waals surface area contributed by atoms with Crippen LogP contribution in [0.4, 0.5) is 4.39 Å². The van der Waals surface area contributed by atoms with Crippen molar-refractivity contribution in [3.05, 3.63) is 33.5 Å². The Balaban J connectivity index is 3.35. The van der Waals surface area contributed by atoms with Gasteiger partial charge in [-0.2, -0.15) is 0 Å². The Morgan fingerprint density at radius 2 is 2.18 bits per heavy atom. The minimum absolute atomic E-state index is 0.307. The van der Waals surface area contributed by atoms with Crippen molar-refractivity contribution in [2.75, 3.05) is 0 Å². The Hall–Kier alpha value is -0.810. The van der Waals surface area contributed by atoms with E-state index in [0.29, 0.717) is 10.0 Å². The monoisotopic (exact) mass is 212 g/mol. The summed E-state index contributed by atoms with van der Waals surface area (Å²) in [5.41, 5.74) is 1.39. The van der Waals surface area contributed by atoms with Gasteiger partial charge in [0, 0.05) is 5.56 Å². The summed E-state index contributed by atoms with van der Waals surface area (Å²) in [4.78, 5) is 0. The standard InChI is InChI=1S/C9H6BrF/c1-3-7-4-6(2)9(10)8(11)5-7/h1,4-5H,2H3. The summed E-state index contributed by atoms with van der Waals surface area (Å²) in [7, 11) is 0. The van der Waals surface area contributed by atoms with Gasteiger partial charge >= 0.3 is 0 Å². The van der Waals surface area contributed by atoms with Crippen molar-refractivity contribution in [1.82, 2.24) is 0 Å². The summed E-state index contributed by atoms with van der Waals surface area (Å²) >= 11 is 3.10. The first-order valence-electron chi connectivity index (χ1n) is 3.07. The SMILES string of the molecule is C#Cc1cc(C)c(Br)c(F)c1. The summed E-state index contributed by atoms with van der Waals surface area (Å²) in [6.07, 6.45) is 5.11. The van der Waals surface area contributed by atoms with Gasteiger partial charge in [-0.25, -0.2) is 4.39 Å². The van der Waals surface area contributed by atoms with E-state index in [1.54, 1.807) is 13.0 Å². The highest BCUT2D eigenvalue weighted by atomic mass is 79.9. The molecule has 0 spiro atoms. The van der Waals surface area contributed by atoms with E-state index in [0.717, 1.165) is 5.56 Å². The molecule has 2 heteroatoms. The van der Waals surface area contributed by atoms with Crippen LogP contribution in [-0.2, 0) is 0 Å². The van der Waals surface area contributed by atoms with Crippen LogP contribution >= 0.6 is 15.9 Å². The molecule has 56 valence electrons. The van der Waals surface area contributed by atoms with Crippen LogP contribution in [0.15, 0.2) is 16.6 Å². The van der Waals surface area contributed by atoms with Gasteiger partial charge in [0.2, 0.25) is 0 Å². The predicted molar refractivity (Wildman–Crippen MR) is 46.8 cm³/mol. The molecule has 0 nitrogen and oxygen atoms in total. The average molecular weight is 213 g/mol. The van der Waals surface area contributed by atoms with Crippen LogP contribution in [0.1, 0.15) is 11.1 Å². The summed E-state index contributed by atoms with van der Waals surface area (Å²) in [5.74, 6) is 2.07. The second kappa shape index (κ2) is 3.06. The molecule has 1 rings (SSSR count). The maximum Gasteiger partial charge on any atom is 0.138 e. The molecule has 0 radical (unpaired) electrons. The van der Waals surface area contributed by atoms with Gasteiger partial charge in [-0.3, -0.25) is 0 Å². The van der Waals surface area contributed by atoms with E-state index in [1.165, 1.54) is 6.07 Å². The normalized spacial score (nSPS) is 9.27. The zero-order valence-corrected chi connectivity index (χ0v) is 7.57. The Kier molecular flexibility index (Phi) is 2.31. The number of aryl methyl sites for hydroxylation is 1. The average Bonchev–Trinajstić information content (AvgIpc) is 1.99. The molecule has 0 unspecified atom stereocenters. The Bertz CT molecular complexity index is 300. The zero-order chi connectivity index (χ0) is 8.43. The van der Waals surface area contributed by atoms with Crippen molar-refractivity contribution in [2.24, 2.45) is 0 Å². The summed E-state index contributed by atoms with van der Waals surface area (Å²) < 4.78 is 13.4. The van der Waals surface area contributed by atoms with Crippen molar-refractivity contribution in [2.45, 2.75) is 6.92 Å². The zero-order valence-electron chi connectivity index (χ0n) is 5.99. The lowest BCUT2D eigenvalue weighted by atomic mass is 10.1. The quantitative estimate of drug-likeness (QED) is 0.581. The molecule has 11 heavy (non-hydrogen) atoms. The highest BCUT2D eigenvalue weighted by molar-refractivity contribution is 9.10. The van der Waals surface area contributed by atoms with Crippen molar-refractivity contribution in [3.8, 4) is 12.3 Å². The summed E-state index contributed by atoms with van der Waals surface area (Å²) in [5, 5.41) is 0. The largest absolute Gasteiger partial charge is 0.206 e. The van der Waals surface area contributed by atoms with Crippen LogP contribution in [0, 0.1) is 25.1 Å². The molecular formula is C9H6BrF. The topological polar surface area (TPSA) is 0 Å². The molecule has 0 heterocycles. The van der Waals surface area contributed by atoms with Gasteiger partial charge in [0.15, 0.2) is 0 Å². The fourth-order valence-electron chi connectivity index (χ4n) is 0.810. The fraction of sp³-hybridized carbons (Fsp3) is 0.111. The Morgan fingerprint density at radius 3 is 2.64 bits per heavy atom.